The van der Waals surface area contributed by atoms with Gasteiger partial charge in [-0.05, 0) is 34.1 Å². The maximum atomic E-state index is 13.5. The molecule has 1 aliphatic carbocycles. The fourth-order valence-electron chi connectivity index (χ4n) is 3.88. The molecule has 0 aromatic carbocycles. The molecule has 4 N–H and O–H groups in total. The van der Waals surface area contributed by atoms with Crippen LogP contribution in [-0.4, -0.2) is 63.4 Å². The van der Waals surface area contributed by atoms with Crippen LogP contribution >= 0.6 is 0 Å². The number of aliphatic hydroxyl groups is 3. The van der Waals surface area contributed by atoms with E-state index in [4.69, 9.17) is 4.74 Å². The fourth-order valence-corrected chi connectivity index (χ4v) is 3.88. The molecule has 8 heteroatoms. The number of carbonyl (C=O) groups is 3. The van der Waals surface area contributed by atoms with E-state index in [0.29, 0.717) is 12.0 Å². The van der Waals surface area contributed by atoms with Crippen molar-refractivity contribution in [2.24, 2.45) is 11.3 Å². The van der Waals surface area contributed by atoms with Crippen LogP contribution in [0.3, 0.4) is 0 Å². The molecule has 1 saturated heterocycles. The molecule has 0 unspecified atom stereocenters. The van der Waals surface area contributed by atoms with E-state index in [-0.39, 0.29) is 6.42 Å². The minimum Gasteiger partial charge on any atom is -0.461 e. The van der Waals surface area contributed by atoms with Gasteiger partial charge in [-0.3, -0.25) is 14.4 Å². The van der Waals surface area contributed by atoms with E-state index >= 15 is 0 Å². The number of rotatable bonds is 2. The monoisotopic (exact) mass is 461 g/mol. The lowest BCUT2D eigenvalue weighted by Gasteiger charge is -2.42. The molecule has 2 heterocycles. The van der Waals surface area contributed by atoms with Crippen LogP contribution < -0.4 is 5.32 Å². The number of Topliss-reactive ketones (excluding diaryl/α,β-unsaturated/α-hetero) is 1. The highest BCUT2D eigenvalue weighted by molar-refractivity contribution is 6.08. The van der Waals surface area contributed by atoms with Gasteiger partial charge in [-0.15, -0.1) is 0 Å². The van der Waals surface area contributed by atoms with Crippen LogP contribution in [0.4, 0.5) is 0 Å². The second-order valence-corrected chi connectivity index (χ2v) is 9.14. The van der Waals surface area contributed by atoms with E-state index in [1.54, 1.807) is 44.2 Å². The molecule has 0 spiro atoms. The summed E-state index contributed by atoms with van der Waals surface area (Å²) in [5.74, 6) is -2.70. The third-order valence-electron chi connectivity index (χ3n) is 6.21. The van der Waals surface area contributed by atoms with Crippen molar-refractivity contribution in [1.29, 1.82) is 0 Å². The van der Waals surface area contributed by atoms with E-state index in [1.165, 1.54) is 13.8 Å². The first-order chi connectivity index (χ1) is 15.4. The SMILES string of the molecule is CC1=CC[C@H](O)/C=C\C(C)=C/[C@@H](NC(=O)[C@H](C)O)[C@]2(C)C(=O)O[C@@H](C[C@H](O)C=C1)[C@@H](C)C2=O. The fraction of sp³-hybridized carbons (Fsp3) is 0.560. The zero-order valence-corrected chi connectivity index (χ0v) is 19.8. The Morgan fingerprint density at radius 3 is 2.39 bits per heavy atom. The quantitative estimate of drug-likeness (QED) is 0.362. The summed E-state index contributed by atoms with van der Waals surface area (Å²) >= 11 is 0. The van der Waals surface area contributed by atoms with Crippen molar-refractivity contribution in [3.63, 3.8) is 0 Å². The number of amides is 1. The molecule has 0 saturated carbocycles. The van der Waals surface area contributed by atoms with Crippen LogP contribution in [-0.2, 0) is 19.1 Å². The second-order valence-electron chi connectivity index (χ2n) is 9.14. The highest BCUT2D eigenvalue weighted by atomic mass is 16.5. The van der Waals surface area contributed by atoms with Gasteiger partial charge in [0.05, 0.1) is 24.2 Å². The standard InChI is InChI=1S/C25H35NO7/c1-14-6-9-18(28)10-8-15(2)12-21(26-23(31)17(4)27)25(5)22(30)16(3)20(33-24(25)32)13-19(29)11-7-14/h6-8,10-12,16-21,27-29H,9,13H2,1-5H3,(H,26,31)/b10-8-,11-7?,14-6?,15-12-/t16-,17+,18+,19-,20+,21-,25+/m1/s1. The Bertz CT molecular complexity index is 885. The van der Waals surface area contributed by atoms with Crippen LogP contribution in [0.1, 0.15) is 47.5 Å². The Morgan fingerprint density at radius 1 is 1.15 bits per heavy atom. The van der Waals surface area contributed by atoms with Crippen molar-refractivity contribution >= 4 is 17.7 Å². The summed E-state index contributed by atoms with van der Waals surface area (Å²) in [7, 11) is 0. The van der Waals surface area contributed by atoms with Crippen molar-refractivity contribution in [1.82, 2.24) is 5.32 Å². The van der Waals surface area contributed by atoms with Crippen molar-refractivity contribution in [2.75, 3.05) is 0 Å². The molecular weight excluding hydrogens is 426 g/mol. The molecule has 3 aliphatic rings. The molecule has 1 amide bonds. The van der Waals surface area contributed by atoms with Gasteiger partial charge >= 0.3 is 5.97 Å². The molecule has 182 valence electrons. The first-order valence-corrected chi connectivity index (χ1v) is 11.2. The van der Waals surface area contributed by atoms with Crippen molar-refractivity contribution in [3.05, 3.63) is 47.6 Å². The number of carbonyl (C=O) groups excluding carboxylic acids is 3. The molecule has 2 bridgehead atoms. The van der Waals surface area contributed by atoms with Crippen molar-refractivity contribution in [3.8, 4) is 0 Å². The minimum atomic E-state index is -1.74. The van der Waals surface area contributed by atoms with Gasteiger partial charge in [-0.1, -0.05) is 54.5 Å². The van der Waals surface area contributed by atoms with Gasteiger partial charge in [0.2, 0.25) is 5.91 Å². The van der Waals surface area contributed by atoms with Crippen molar-refractivity contribution in [2.45, 2.75) is 77.9 Å². The lowest BCUT2D eigenvalue weighted by molar-refractivity contribution is -0.181. The van der Waals surface area contributed by atoms with E-state index in [2.05, 4.69) is 5.32 Å². The molecule has 33 heavy (non-hydrogen) atoms. The highest BCUT2D eigenvalue weighted by Crippen LogP contribution is 2.38. The Kier molecular flexibility index (Phi) is 8.94. The van der Waals surface area contributed by atoms with Gasteiger partial charge in [0.15, 0.2) is 5.78 Å². The summed E-state index contributed by atoms with van der Waals surface area (Å²) < 4.78 is 5.61. The topological polar surface area (TPSA) is 133 Å². The van der Waals surface area contributed by atoms with Crippen LogP contribution in [0.2, 0.25) is 0 Å². The van der Waals surface area contributed by atoms with Crippen LogP contribution in [0.5, 0.6) is 0 Å². The Hall–Kier alpha value is -2.55. The molecular formula is C25H35NO7. The minimum absolute atomic E-state index is 0.0439. The summed E-state index contributed by atoms with van der Waals surface area (Å²) in [6, 6.07) is -1.09. The zero-order chi connectivity index (χ0) is 24.9. The molecule has 8 nitrogen and oxygen atoms in total. The molecule has 0 aromatic heterocycles. The van der Waals surface area contributed by atoms with Crippen LogP contribution in [0.25, 0.3) is 0 Å². The molecule has 0 radical (unpaired) electrons. The Balaban J connectivity index is 2.56. The average Bonchev–Trinajstić information content (AvgIpc) is 2.75. The smallest absolute Gasteiger partial charge is 0.322 e. The number of hydrogen-bond donors (Lipinski definition) is 4. The molecule has 2 aliphatic heterocycles. The third kappa shape index (κ3) is 6.50. The third-order valence-corrected chi connectivity index (χ3v) is 6.21. The number of allylic oxidation sites excluding steroid dienone is 4. The van der Waals surface area contributed by atoms with Gasteiger partial charge in [-0.2, -0.15) is 0 Å². The van der Waals surface area contributed by atoms with Gasteiger partial charge in [0.1, 0.15) is 17.6 Å². The number of ketones is 1. The maximum absolute atomic E-state index is 13.5. The van der Waals surface area contributed by atoms with E-state index in [1.807, 2.05) is 13.0 Å². The Labute approximate surface area is 194 Å². The van der Waals surface area contributed by atoms with E-state index in [9.17, 15) is 29.7 Å². The number of aliphatic hydroxyl groups excluding tert-OH is 3. The summed E-state index contributed by atoms with van der Waals surface area (Å²) in [6.07, 6.45) is 6.38. The second kappa shape index (κ2) is 11.0. The first kappa shape index (κ1) is 26.7. The number of fused-ring (bicyclic) bond motifs is 10. The lowest BCUT2D eigenvalue weighted by atomic mass is 9.69. The normalized spacial score (nSPS) is 37.3. The lowest BCUT2D eigenvalue weighted by Crippen LogP contribution is -2.61. The van der Waals surface area contributed by atoms with Gasteiger partial charge < -0.3 is 25.4 Å². The molecule has 0 aromatic rings. The summed E-state index contributed by atoms with van der Waals surface area (Å²) in [4.78, 5) is 38.9. The van der Waals surface area contributed by atoms with Crippen molar-refractivity contribution < 1.29 is 34.4 Å². The number of esters is 1. The summed E-state index contributed by atoms with van der Waals surface area (Å²) in [6.45, 7) is 7.89. The summed E-state index contributed by atoms with van der Waals surface area (Å²) in [5, 5.41) is 32.9. The number of hydrogen-bond acceptors (Lipinski definition) is 7. The zero-order valence-electron chi connectivity index (χ0n) is 19.8. The highest BCUT2D eigenvalue weighted by Gasteiger charge is 2.56. The summed E-state index contributed by atoms with van der Waals surface area (Å²) in [5.41, 5.74) is -0.292. The number of nitrogens with one attached hydrogen (secondary N) is 1. The molecule has 1 fully saturated rings. The maximum Gasteiger partial charge on any atom is 0.322 e. The average molecular weight is 462 g/mol. The van der Waals surface area contributed by atoms with E-state index in [0.717, 1.165) is 5.57 Å². The Morgan fingerprint density at radius 2 is 1.76 bits per heavy atom. The number of ether oxygens (including phenoxy) is 1. The van der Waals surface area contributed by atoms with Crippen LogP contribution in [0, 0.1) is 11.3 Å². The van der Waals surface area contributed by atoms with Gasteiger partial charge in [0, 0.05) is 6.42 Å². The van der Waals surface area contributed by atoms with Crippen LogP contribution in [0.15, 0.2) is 47.6 Å². The van der Waals surface area contributed by atoms with Gasteiger partial charge in [0.25, 0.3) is 0 Å². The first-order valence-electron chi connectivity index (χ1n) is 11.2. The molecule has 3 rings (SSSR count). The molecule has 7 atom stereocenters. The van der Waals surface area contributed by atoms with E-state index < -0.39 is 59.5 Å². The predicted octanol–water partition coefficient (Wildman–Crippen LogP) is 1.51. The van der Waals surface area contributed by atoms with Gasteiger partial charge in [-0.25, -0.2) is 0 Å². The largest absolute Gasteiger partial charge is 0.461 e. The predicted molar refractivity (Wildman–Crippen MR) is 123 cm³/mol.